The Labute approximate surface area is 368 Å². The Bertz CT molecular complexity index is 2730. The molecule has 1 saturated heterocycles. The van der Waals surface area contributed by atoms with Crippen molar-refractivity contribution in [3.63, 3.8) is 0 Å². The maximum atomic E-state index is 16.6. The SMILES string of the molecule is COC(=O)NC(C(=O)N1CCC[C@H]1c1nc2ccc(-c3ccc4c(c3)C(F)(F)c3cc(-c5c[nH]c([C@@H](NC(=O)[C@@H](NC(=O)OC)C(C)C)C(C)C)n5)ccc3-4)cc2[nH]1)c1ccccc1. The smallest absolute Gasteiger partial charge is 0.407 e. The van der Waals surface area contributed by atoms with Crippen LogP contribution in [0.3, 0.4) is 0 Å². The third kappa shape index (κ3) is 8.27. The van der Waals surface area contributed by atoms with E-state index in [1.54, 1.807) is 53.6 Å². The number of hydrogen-bond donors (Lipinski definition) is 5. The average molecular weight is 873 g/mol. The molecule has 0 radical (unpaired) electrons. The van der Waals surface area contributed by atoms with Crippen LogP contribution < -0.4 is 16.0 Å². The number of carbonyl (C=O) groups excluding carboxylic acids is 4. The number of fused-ring (bicyclic) bond motifs is 4. The number of halogens is 2. The Morgan fingerprint density at radius 2 is 1.42 bits per heavy atom. The molecule has 14 nitrogen and oxygen atoms in total. The van der Waals surface area contributed by atoms with Gasteiger partial charge in [0.15, 0.2) is 0 Å². The molecule has 0 saturated carbocycles. The van der Waals surface area contributed by atoms with Gasteiger partial charge in [0.25, 0.3) is 11.8 Å². The van der Waals surface area contributed by atoms with Gasteiger partial charge >= 0.3 is 12.2 Å². The summed E-state index contributed by atoms with van der Waals surface area (Å²) in [6, 6.07) is 21.8. The minimum atomic E-state index is -3.31. The zero-order chi connectivity index (χ0) is 45.4. The number of imidazole rings is 2. The first-order valence-corrected chi connectivity index (χ1v) is 21.3. The highest BCUT2D eigenvalue weighted by atomic mass is 19.3. The number of methoxy groups -OCH3 is 2. The lowest BCUT2D eigenvalue weighted by Gasteiger charge is -2.28. The molecule has 5 N–H and O–H groups in total. The van der Waals surface area contributed by atoms with Crippen molar-refractivity contribution in [3.05, 3.63) is 119 Å². The summed E-state index contributed by atoms with van der Waals surface area (Å²) in [5.74, 6) is -3.30. The third-order valence-corrected chi connectivity index (χ3v) is 12.1. The molecular formula is C48H50F2N8O6. The van der Waals surface area contributed by atoms with E-state index in [2.05, 4.69) is 25.9 Å². The van der Waals surface area contributed by atoms with Crippen molar-refractivity contribution >= 4 is 35.0 Å². The van der Waals surface area contributed by atoms with Crippen LogP contribution in [-0.4, -0.2) is 75.6 Å². The summed E-state index contributed by atoms with van der Waals surface area (Å²) < 4.78 is 42.6. The van der Waals surface area contributed by atoms with Crippen LogP contribution in [-0.2, 0) is 25.0 Å². The number of ether oxygens (including phenoxy) is 2. The number of rotatable bonds is 12. The number of carbonyl (C=O) groups is 4. The molecule has 6 aromatic rings. The molecule has 332 valence electrons. The van der Waals surface area contributed by atoms with E-state index in [4.69, 9.17) is 19.4 Å². The number of alkyl carbamates (subject to hydrolysis) is 2. The molecule has 1 unspecified atom stereocenters. The number of hydrogen-bond acceptors (Lipinski definition) is 8. The van der Waals surface area contributed by atoms with E-state index in [9.17, 15) is 19.2 Å². The summed E-state index contributed by atoms with van der Waals surface area (Å²) in [6.45, 7) is 7.93. The molecule has 2 aromatic heterocycles. The molecule has 16 heteroatoms. The van der Waals surface area contributed by atoms with E-state index in [1.807, 2.05) is 58.0 Å². The Morgan fingerprint density at radius 1 is 0.781 bits per heavy atom. The second-order valence-corrected chi connectivity index (χ2v) is 16.9. The van der Waals surface area contributed by atoms with Gasteiger partial charge in [-0.2, -0.15) is 8.78 Å². The van der Waals surface area contributed by atoms with Crippen molar-refractivity contribution in [2.24, 2.45) is 11.8 Å². The molecule has 1 aliphatic heterocycles. The molecule has 4 atom stereocenters. The summed E-state index contributed by atoms with van der Waals surface area (Å²) in [4.78, 5) is 69.4. The molecule has 0 spiro atoms. The number of nitrogens with zero attached hydrogens (tertiary/aromatic N) is 3. The van der Waals surface area contributed by atoms with Gasteiger partial charge in [-0.05, 0) is 76.8 Å². The third-order valence-electron chi connectivity index (χ3n) is 12.1. The quantitative estimate of drug-likeness (QED) is 0.0809. The molecule has 1 fully saturated rings. The molecule has 0 bridgehead atoms. The van der Waals surface area contributed by atoms with Crippen LogP contribution in [0.5, 0.6) is 0 Å². The van der Waals surface area contributed by atoms with Gasteiger partial charge in [-0.1, -0.05) is 88.4 Å². The van der Waals surface area contributed by atoms with Crippen LogP contribution in [0, 0.1) is 11.8 Å². The molecule has 2 aliphatic rings. The number of likely N-dealkylation sites (tertiary alicyclic amines) is 1. The van der Waals surface area contributed by atoms with Gasteiger partial charge in [0, 0.05) is 29.4 Å². The van der Waals surface area contributed by atoms with Crippen LogP contribution >= 0.6 is 0 Å². The summed E-state index contributed by atoms with van der Waals surface area (Å²) in [5, 5.41) is 8.24. The van der Waals surface area contributed by atoms with E-state index < -0.39 is 42.1 Å². The maximum absolute atomic E-state index is 16.6. The van der Waals surface area contributed by atoms with E-state index in [1.165, 1.54) is 26.4 Å². The van der Waals surface area contributed by atoms with Gasteiger partial charge in [0.2, 0.25) is 5.91 Å². The highest BCUT2D eigenvalue weighted by Crippen LogP contribution is 2.53. The molecule has 1 aliphatic carbocycles. The van der Waals surface area contributed by atoms with Gasteiger partial charge < -0.3 is 40.3 Å². The van der Waals surface area contributed by atoms with E-state index in [0.717, 1.165) is 6.42 Å². The monoisotopic (exact) mass is 872 g/mol. The minimum Gasteiger partial charge on any atom is -0.453 e. The molecule has 4 aromatic carbocycles. The Hall–Kier alpha value is -7.10. The molecule has 4 amide bonds. The zero-order valence-corrected chi connectivity index (χ0v) is 36.3. The minimum absolute atomic E-state index is 0.109. The topological polar surface area (TPSA) is 183 Å². The number of alkyl halides is 2. The van der Waals surface area contributed by atoms with Crippen LogP contribution in [0.1, 0.15) is 87.0 Å². The van der Waals surface area contributed by atoms with Crippen LogP contribution in [0.4, 0.5) is 18.4 Å². The van der Waals surface area contributed by atoms with Crippen molar-refractivity contribution < 1.29 is 37.4 Å². The van der Waals surface area contributed by atoms with Gasteiger partial charge in [-0.15, -0.1) is 0 Å². The molecule has 3 heterocycles. The fourth-order valence-electron chi connectivity index (χ4n) is 8.68. The second-order valence-electron chi connectivity index (χ2n) is 16.9. The average Bonchev–Trinajstić information content (AvgIpc) is 4.11. The number of aromatic amines is 2. The number of aromatic nitrogens is 4. The summed E-state index contributed by atoms with van der Waals surface area (Å²) >= 11 is 0. The lowest BCUT2D eigenvalue weighted by atomic mass is 9.98. The zero-order valence-electron chi connectivity index (χ0n) is 36.3. The van der Waals surface area contributed by atoms with Crippen LogP contribution in [0.2, 0.25) is 0 Å². The maximum Gasteiger partial charge on any atom is 0.407 e. The predicted molar refractivity (Wildman–Crippen MR) is 236 cm³/mol. The standard InChI is InChI=1S/C48H50F2N8O6/c1-25(2)39(55-44(59)40(26(3)4)56-46(61)63-5)43-51-24-37(54-43)30-15-18-32-31-17-14-28(21-33(31)48(49,50)34(32)22-30)29-16-19-35-36(23-29)53-42(52-35)38-13-10-20-58(38)45(60)41(57-47(62)64-6)27-11-8-7-9-12-27/h7-9,11-12,14-19,21-26,38-41H,10,13,20H2,1-6H3,(H,51,54)(H,52,53)(H,55,59)(H,56,61)(H,57,62)/t38-,39-,40-,41?/m0/s1. The predicted octanol–water partition coefficient (Wildman–Crippen LogP) is 8.70. The van der Waals surface area contributed by atoms with Crippen molar-refractivity contribution in [1.82, 2.24) is 40.8 Å². The normalized spacial score (nSPS) is 16.5. The molecular weight excluding hydrogens is 823 g/mol. The Balaban J connectivity index is 1.02. The van der Waals surface area contributed by atoms with Crippen LogP contribution in [0.25, 0.3) is 44.5 Å². The second kappa shape index (κ2) is 17.6. The van der Waals surface area contributed by atoms with Gasteiger partial charge in [0.1, 0.15) is 23.7 Å². The first-order chi connectivity index (χ1) is 30.7. The highest BCUT2D eigenvalue weighted by Gasteiger charge is 2.45. The van der Waals surface area contributed by atoms with Crippen molar-refractivity contribution in [2.45, 2.75) is 70.6 Å². The first-order valence-electron chi connectivity index (χ1n) is 21.3. The van der Waals surface area contributed by atoms with Crippen molar-refractivity contribution in [1.29, 1.82) is 0 Å². The van der Waals surface area contributed by atoms with E-state index in [0.29, 0.717) is 74.7 Å². The lowest BCUT2D eigenvalue weighted by molar-refractivity contribution is -0.134. The highest BCUT2D eigenvalue weighted by molar-refractivity contribution is 5.89. The number of H-pyrrole nitrogens is 2. The summed E-state index contributed by atoms with van der Waals surface area (Å²) in [6.07, 6.45) is 1.60. The number of amides is 4. The van der Waals surface area contributed by atoms with Crippen molar-refractivity contribution in [2.75, 3.05) is 20.8 Å². The first kappa shape index (κ1) is 43.5. The van der Waals surface area contributed by atoms with E-state index in [-0.39, 0.29) is 34.9 Å². The lowest BCUT2D eigenvalue weighted by Crippen LogP contribution is -2.51. The fourth-order valence-corrected chi connectivity index (χ4v) is 8.68. The van der Waals surface area contributed by atoms with Gasteiger partial charge in [-0.3, -0.25) is 9.59 Å². The van der Waals surface area contributed by atoms with E-state index >= 15 is 8.78 Å². The Morgan fingerprint density at radius 3 is 2.09 bits per heavy atom. The number of nitrogens with one attached hydrogen (secondary N) is 5. The van der Waals surface area contributed by atoms with Crippen LogP contribution in [0.15, 0.2) is 91.1 Å². The summed E-state index contributed by atoms with van der Waals surface area (Å²) in [7, 11) is 2.48. The summed E-state index contributed by atoms with van der Waals surface area (Å²) in [5.41, 5.74) is 4.82. The van der Waals surface area contributed by atoms with Crippen molar-refractivity contribution in [3.8, 4) is 33.5 Å². The fraction of sp³-hybridized carbons (Fsp3) is 0.333. The molecule has 64 heavy (non-hydrogen) atoms. The molecule has 8 rings (SSSR count). The van der Waals surface area contributed by atoms with Gasteiger partial charge in [0.05, 0.1) is 43.0 Å². The largest absolute Gasteiger partial charge is 0.453 e. The number of benzene rings is 4. The van der Waals surface area contributed by atoms with Gasteiger partial charge in [-0.25, -0.2) is 19.6 Å². The Kier molecular flexibility index (Phi) is 12.0.